The molecule has 1 fully saturated rings. The number of aryl methyl sites for hydroxylation is 1. The molecule has 3 aromatic carbocycles. The first kappa shape index (κ1) is 24.4. The van der Waals surface area contributed by atoms with Gasteiger partial charge in [0.2, 0.25) is 10.0 Å². The minimum Gasteiger partial charge on any atom is -0.348 e. The van der Waals surface area contributed by atoms with Gasteiger partial charge in [-0.1, -0.05) is 24.3 Å². The number of sulfonamides is 1. The molecule has 10 heteroatoms. The second-order valence-corrected chi connectivity index (χ2v) is 9.94. The molecule has 1 aliphatic rings. The number of benzene rings is 3. The van der Waals surface area contributed by atoms with Crippen molar-refractivity contribution in [3.8, 4) is 0 Å². The lowest BCUT2D eigenvalue weighted by molar-refractivity contribution is 0.0951. The molecule has 3 amide bonds. The highest BCUT2D eigenvalue weighted by Crippen LogP contribution is 2.23. The summed E-state index contributed by atoms with van der Waals surface area (Å²) >= 11 is 0. The molecule has 35 heavy (non-hydrogen) atoms. The molecular weight excluding hydrogens is 471 g/mol. The van der Waals surface area contributed by atoms with Gasteiger partial charge in [-0.15, -0.1) is 0 Å². The lowest BCUT2D eigenvalue weighted by atomic mass is 10.1. The third-order valence-electron chi connectivity index (χ3n) is 5.62. The topological polar surface area (TPSA) is 108 Å². The van der Waals surface area contributed by atoms with E-state index < -0.39 is 15.8 Å². The number of hydrogen-bond donors (Lipinski definition) is 3. The van der Waals surface area contributed by atoms with Gasteiger partial charge in [-0.05, 0) is 66.1 Å². The van der Waals surface area contributed by atoms with Gasteiger partial charge in [0.25, 0.3) is 5.91 Å². The third-order valence-corrected chi connectivity index (χ3v) is 7.02. The van der Waals surface area contributed by atoms with Crippen LogP contribution in [0, 0.1) is 12.7 Å². The molecule has 0 unspecified atom stereocenters. The first-order valence-corrected chi connectivity index (χ1v) is 12.5. The second-order valence-electron chi connectivity index (χ2n) is 8.17. The molecule has 0 spiro atoms. The number of carbonyl (C=O) groups excluding carboxylic acids is 2. The van der Waals surface area contributed by atoms with Crippen LogP contribution in [0.4, 0.5) is 14.9 Å². The molecule has 0 saturated carbocycles. The zero-order chi connectivity index (χ0) is 25.0. The van der Waals surface area contributed by atoms with Crippen molar-refractivity contribution in [2.24, 2.45) is 0 Å². The number of urea groups is 1. The number of nitrogens with one attached hydrogen (secondary N) is 3. The Labute approximate surface area is 203 Å². The van der Waals surface area contributed by atoms with Gasteiger partial charge in [-0.25, -0.2) is 22.3 Å². The van der Waals surface area contributed by atoms with Gasteiger partial charge in [0.1, 0.15) is 5.82 Å². The van der Waals surface area contributed by atoms with Crippen LogP contribution in [0.2, 0.25) is 0 Å². The predicted molar refractivity (Wildman–Crippen MR) is 130 cm³/mol. The summed E-state index contributed by atoms with van der Waals surface area (Å²) in [5.74, 6) is -0.756. The van der Waals surface area contributed by atoms with Gasteiger partial charge in [0.05, 0.1) is 4.90 Å². The number of nitrogens with zero attached hydrogens (tertiary/aromatic N) is 1. The van der Waals surface area contributed by atoms with E-state index in [-0.39, 0.29) is 29.9 Å². The summed E-state index contributed by atoms with van der Waals surface area (Å²) in [6.45, 7) is 3.07. The number of anilines is 1. The predicted octanol–water partition coefficient (Wildman–Crippen LogP) is 3.07. The van der Waals surface area contributed by atoms with E-state index in [1.807, 2.05) is 6.92 Å². The maximum absolute atomic E-state index is 13.3. The van der Waals surface area contributed by atoms with Crippen LogP contribution in [-0.4, -0.2) is 33.4 Å². The van der Waals surface area contributed by atoms with Crippen LogP contribution in [0.3, 0.4) is 0 Å². The number of halogens is 1. The monoisotopic (exact) mass is 496 g/mol. The highest BCUT2D eigenvalue weighted by Gasteiger charge is 2.23. The molecule has 182 valence electrons. The van der Waals surface area contributed by atoms with Gasteiger partial charge < -0.3 is 10.6 Å². The van der Waals surface area contributed by atoms with E-state index in [2.05, 4.69) is 15.4 Å². The molecule has 3 N–H and O–H groups in total. The van der Waals surface area contributed by atoms with Crippen LogP contribution in [0.25, 0.3) is 0 Å². The van der Waals surface area contributed by atoms with E-state index in [4.69, 9.17) is 0 Å². The molecule has 0 aliphatic carbocycles. The van der Waals surface area contributed by atoms with Crippen molar-refractivity contribution >= 4 is 27.6 Å². The maximum atomic E-state index is 13.3. The normalized spacial score (nSPS) is 13.5. The van der Waals surface area contributed by atoms with Gasteiger partial charge in [-0.2, -0.15) is 0 Å². The van der Waals surface area contributed by atoms with Crippen molar-refractivity contribution in [2.75, 3.05) is 18.0 Å². The molecule has 1 aliphatic heterocycles. The maximum Gasteiger partial charge on any atom is 0.322 e. The van der Waals surface area contributed by atoms with Crippen LogP contribution < -0.4 is 20.3 Å². The van der Waals surface area contributed by atoms with Gasteiger partial charge in [0, 0.05) is 37.4 Å². The Balaban J connectivity index is 1.39. The lowest BCUT2D eigenvalue weighted by Crippen LogP contribution is -2.28. The summed E-state index contributed by atoms with van der Waals surface area (Å²) in [7, 11) is -3.83. The van der Waals surface area contributed by atoms with Gasteiger partial charge in [-0.3, -0.25) is 9.69 Å². The summed E-state index contributed by atoms with van der Waals surface area (Å²) in [6, 6.07) is 16.9. The van der Waals surface area contributed by atoms with E-state index in [1.165, 1.54) is 30.3 Å². The quantitative estimate of drug-likeness (QED) is 0.446. The standard InChI is InChI=1S/C25H25FN4O4S/c1-17-12-20(8-9-23(17)30-11-10-27-25(30)32)24(31)28-15-19-5-3-7-22(14-19)35(33,34)29-16-18-4-2-6-21(26)13-18/h2-9,12-14,29H,10-11,15-16H2,1H3,(H,27,32)(H,28,31). The van der Waals surface area contributed by atoms with E-state index >= 15 is 0 Å². The van der Waals surface area contributed by atoms with Crippen LogP contribution in [0.15, 0.2) is 71.6 Å². The second kappa shape index (κ2) is 10.2. The zero-order valence-electron chi connectivity index (χ0n) is 19.0. The SMILES string of the molecule is Cc1cc(C(=O)NCc2cccc(S(=O)(=O)NCc3cccc(F)c3)c2)ccc1N1CCNC1=O. The molecule has 1 heterocycles. The molecule has 0 aromatic heterocycles. The Morgan fingerprint density at radius 1 is 1.03 bits per heavy atom. The average Bonchev–Trinajstić information content (AvgIpc) is 3.27. The summed E-state index contributed by atoms with van der Waals surface area (Å²) < 4.78 is 41.2. The highest BCUT2D eigenvalue weighted by atomic mass is 32.2. The van der Waals surface area contributed by atoms with Crippen molar-refractivity contribution < 1.29 is 22.4 Å². The summed E-state index contributed by atoms with van der Waals surface area (Å²) in [6.07, 6.45) is 0. The van der Waals surface area contributed by atoms with Crippen LogP contribution in [0.5, 0.6) is 0 Å². The van der Waals surface area contributed by atoms with Crippen molar-refractivity contribution in [2.45, 2.75) is 24.9 Å². The Bertz CT molecular complexity index is 1380. The molecule has 3 aromatic rings. The van der Waals surface area contributed by atoms with E-state index in [9.17, 15) is 22.4 Å². The number of carbonyl (C=O) groups is 2. The van der Waals surface area contributed by atoms with Gasteiger partial charge in [0.15, 0.2) is 0 Å². The van der Waals surface area contributed by atoms with Crippen molar-refractivity contribution in [3.05, 3.63) is 94.8 Å². The first-order chi connectivity index (χ1) is 16.7. The Morgan fingerprint density at radius 2 is 1.77 bits per heavy atom. The summed E-state index contributed by atoms with van der Waals surface area (Å²) in [5.41, 5.74) is 3.09. The van der Waals surface area contributed by atoms with E-state index in [0.29, 0.717) is 29.8 Å². The average molecular weight is 497 g/mol. The minimum atomic E-state index is -3.83. The van der Waals surface area contributed by atoms with Crippen molar-refractivity contribution in [1.82, 2.24) is 15.4 Å². The minimum absolute atomic E-state index is 0.0461. The van der Waals surface area contributed by atoms with Crippen LogP contribution in [-0.2, 0) is 23.1 Å². The van der Waals surface area contributed by atoms with E-state index in [0.717, 1.165) is 11.3 Å². The van der Waals surface area contributed by atoms with E-state index in [1.54, 1.807) is 41.3 Å². The molecule has 0 radical (unpaired) electrons. The lowest BCUT2D eigenvalue weighted by Gasteiger charge is -2.17. The zero-order valence-corrected chi connectivity index (χ0v) is 19.9. The van der Waals surface area contributed by atoms with Crippen molar-refractivity contribution in [3.63, 3.8) is 0 Å². The Hall–Kier alpha value is -3.76. The summed E-state index contributed by atoms with van der Waals surface area (Å²) in [5, 5.41) is 5.54. The largest absolute Gasteiger partial charge is 0.348 e. The molecule has 8 nitrogen and oxygen atoms in total. The fraction of sp³-hybridized carbons (Fsp3) is 0.200. The van der Waals surface area contributed by atoms with Crippen LogP contribution in [0.1, 0.15) is 27.0 Å². The Morgan fingerprint density at radius 3 is 2.46 bits per heavy atom. The Kier molecular flexibility index (Phi) is 7.13. The van der Waals surface area contributed by atoms with Crippen LogP contribution >= 0.6 is 0 Å². The first-order valence-electron chi connectivity index (χ1n) is 11.0. The fourth-order valence-corrected chi connectivity index (χ4v) is 4.90. The molecule has 0 bridgehead atoms. The number of hydrogen-bond acceptors (Lipinski definition) is 4. The smallest absolute Gasteiger partial charge is 0.322 e. The highest BCUT2D eigenvalue weighted by molar-refractivity contribution is 7.89. The fourth-order valence-electron chi connectivity index (χ4n) is 3.82. The number of rotatable bonds is 8. The molecule has 1 saturated heterocycles. The van der Waals surface area contributed by atoms with Crippen molar-refractivity contribution in [1.29, 1.82) is 0 Å². The molecule has 4 rings (SSSR count). The molecular formula is C25H25FN4O4S. The third kappa shape index (κ3) is 5.84. The number of amides is 3. The summed E-state index contributed by atoms with van der Waals surface area (Å²) in [4.78, 5) is 26.3. The molecule has 0 atom stereocenters. The van der Waals surface area contributed by atoms with Gasteiger partial charge >= 0.3 is 6.03 Å².